The fourth-order valence-electron chi connectivity index (χ4n) is 3.89. The van der Waals surface area contributed by atoms with Crippen LogP contribution in [0, 0.1) is 0 Å². The summed E-state index contributed by atoms with van der Waals surface area (Å²) in [5.41, 5.74) is 0. The molecule has 0 aromatic carbocycles. The van der Waals surface area contributed by atoms with Crippen molar-refractivity contribution in [2.75, 3.05) is 139 Å². The third kappa shape index (κ3) is 41.0. The maximum atomic E-state index is 10.9. The van der Waals surface area contributed by atoms with Crippen LogP contribution in [0.15, 0.2) is 0 Å². The van der Waals surface area contributed by atoms with Gasteiger partial charge in [-0.25, -0.2) is 4.79 Å². The SMILES string of the molecule is CCCCCCCCCCCCOCCOCCOCCOCCOCCOCCOCCOCCOCCOCC(=O)OC. The molecule has 0 aliphatic rings. The van der Waals surface area contributed by atoms with Gasteiger partial charge in [0.15, 0.2) is 0 Å². The van der Waals surface area contributed by atoms with E-state index in [1.165, 1.54) is 64.9 Å². The first-order chi connectivity index (χ1) is 22.3. The summed E-state index contributed by atoms with van der Waals surface area (Å²) in [6.07, 6.45) is 13.4. The van der Waals surface area contributed by atoms with Crippen molar-refractivity contribution in [1.82, 2.24) is 0 Å². The number of hydrogen-bond acceptors (Lipinski definition) is 12. The summed E-state index contributed by atoms with van der Waals surface area (Å²) >= 11 is 0. The summed E-state index contributed by atoms with van der Waals surface area (Å²) in [6.45, 7) is 12.2. The van der Waals surface area contributed by atoms with Crippen LogP contribution in [0.3, 0.4) is 0 Å². The second kappa shape index (κ2) is 41.1. The summed E-state index contributed by atoms with van der Waals surface area (Å²) < 4.78 is 58.8. The van der Waals surface area contributed by atoms with Gasteiger partial charge in [-0.3, -0.25) is 0 Å². The van der Waals surface area contributed by atoms with E-state index in [9.17, 15) is 4.79 Å². The van der Waals surface area contributed by atoms with Crippen molar-refractivity contribution in [2.45, 2.75) is 71.1 Å². The molecular formula is C33H66O12. The van der Waals surface area contributed by atoms with Crippen LogP contribution in [0.25, 0.3) is 0 Å². The van der Waals surface area contributed by atoms with Gasteiger partial charge in [-0.05, 0) is 6.42 Å². The quantitative estimate of drug-likeness (QED) is 0.0695. The minimum atomic E-state index is -0.403. The minimum Gasteiger partial charge on any atom is -0.467 e. The van der Waals surface area contributed by atoms with Gasteiger partial charge in [0.25, 0.3) is 0 Å². The van der Waals surface area contributed by atoms with E-state index in [4.69, 9.17) is 47.4 Å². The van der Waals surface area contributed by atoms with E-state index in [1.54, 1.807) is 0 Å². The molecule has 0 aliphatic carbocycles. The van der Waals surface area contributed by atoms with Crippen LogP contribution in [0.2, 0.25) is 0 Å². The van der Waals surface area contributed by atoms with Crippen molar-refractivity contribution in [3.05, 3.63) is 0 Å². The first-order valence-electron chi connectivity index (χ1n) is 17.2. The van der Waals surface area contributed by atoms with Crippen LogP contribution in [0.4, 0.5) is 0 Å². The third-order valence-electron chi connectivity index (χ3n) is 6.44. The summed E-state index contributed by atoms with van der Waals surface area (Å²) in [6, 6.07) is 0. The van der Waals surface area contributed by atoms with E-state index in [-0.39, 0.29) is 6.61 Å². The number of esters is 1. The Morgan fingerprint density at radius 3 is 0.867 bits per heavy atom. The van der Waals surface area contributed by atoms with Gasteiger partial charge in [-0.1, -0.05) is 64.7 Å². The maximum Gasteiger partial charge on any atom is 0.331 e. The van der Waals surface area contributed by atoms with Crippen LogP contribution in [0.1, 0.15) is 71.1 Å². The molecule has 0 heterocycles. The van der Waals surface area contributed by atoms with Crippen molar-refractivity contribution < 1.29 is 56.9 Å². The van der Waals surface area contributed by atoms with Crippen molar-refractivity contribution in [2.24, 2.45) is 0 Å². The van der Waals surface area contributed by atoms with E-state index in [0.29, 0.717) is 119 Å². The molecule has 270 valence electrons. The van der Waals surface area contributed by atoms with Gasteiger partial charge in [0.1, 0.15) is 6.61 Å². The maximum absolute atomic E-state index is 10.9. The number of hydrogen-bond donors (Lipinski definition) is 0. The number of carbonyl (C=O) groups is 1. The topological polar surface area (TPSA) is 119 Å². The Morgan fingerprint density at radius 1 is 0.333 bits per heavy atom. The smallest absolute Gasteiger partial charge is 0.331 e. The molecule has 0 aromatic rings. The number of carbonyl (C=O) groups excluding carboxylic acids is 1. The first-order valence-corrected chi connectivity index (χ1v) is 17.2. The highest BCUT2D eigenvalue weighted by molar-refractivity contribution is 5.70. The molecule has 12 nitrogen and oxygen atoms in total. The standard InChI is InChI=1S/C33H66O12/c1-3-4-5-6-7-8-9-10-11-12-13-36-14-15-37-16-17-38-18-19-39-20-21-40-22-23-41-24-25-42-26-27-43-28-29-44-30-31-45-32-33(34)35-2/h3-32H2,1-2H3. The van der Waals surface area contributed by atoms with Crippen LogP contribution >= 0.6 is 0 Å². The zero-order chi connectivity index (χ0) is 32.6. The molecule has 0 atom stereocenters. The van der Waals surface area contributed by atoms with E-state index in [1.807, 2.05) is 0 Å². The molecule has 45 heavy (non-hydrogen) atoms. The second-order valence-electron chi connectivity index (χ2n) is 10.3. The molecule has 0 saturated carbocycles. The molecular weight excluding hydrogens is 588 g/mol. The largest absolute Gasteiger partial charge is 0.467 e. The van der Waals surface area contributed by atoms with E-state index >= 15 is 0 Å². The van der Waals surface area contributed by atoms with Gasteiger partial charge in [-0.15, -0.1) is 0 Å². The zero-order valence-corrected chi connectivity index (χ0v) is 28.6. The average Bonchev–Trinajstić information content (AvgIpc) is 3.05. The molecule has 0 bridgehead atoms. The van der Waals surface area contributed by atoms with Crippen LogP contribution < -0.4 is 0 Å². The second-order valence-corrected chi connectivity index (χ2v) is 10.3. The molecule has 0 rings (SSSR count). The molecule has 0 aromatic heterocycles. The Balaban J connectivity index is 3.05. The Labute approximate surface area is 273 Å². The predicted molar refractivity (Wildman–Crippen MR) is 172 cm³/mol. The van der Waals surface area contributed by atoms with Crippen LogP contribution in [0.5, 0.6) is 0 Å². The normalized spacial score (nSPS) is 11.4. The summed E-state index contributed by atoms with van der Waals surface area (Å²) in [5.74, 6) is -0.403. The molecule has 0 N–H and O–H groups in total. The average molecular weight is 655 g/mol. The highest BCUT2D eigenvalue weighted by Crippen LogP contribution is 2.10. The lowest BCUT2D eigenvalue weighted by atomic mass is 10.1. The molecule has 0 amide bonds. The van der Waals surface area contributed by atoms with Crippen LogP contribution in [-0.2, 0) is 56.9 Å². The number of unbranched alkanes of at least 4 members (excludes halogenated alkanes) is 9. The van der Waals surface area contributed by atoms with Crippen molar-refractivity contribution >= 4 is 5.97 Å². The highest BCUT2D eigenvalue weighted by Gasteiger charge is 1.99. The van der Waals surface area contributed by atoms with Crippen molar-refractivity contribution in [1.29, 1.82) is 0 Å². The lowest BCUT2D eigenvalue weighted by Crippen LogP contribution is -2.16. The molecule has 0 spiro atoms. The number of ether oxygens (including phenoxy) is 11. The van der Waals surface area contributed by atoms with Gasteiger partial charge >= 0.3 is 5.97 Å². The molecule has 0 fully saturated rings. The Morgan fingerprint density at radius 2 is 0.578 bits per heavy atom. The van der Waals surface area contributed by atoms with E-state index in [0.717, 1.165) is 13.0 Å². The molecule has 0 aliphatic heterocycles. The summed E-state index contributed by atoms with van der Waals surface area (Å²) in [4.78, 5) is 10.9. The van der Waals surface area contributed by atoms with Crippen LogP contribution in [-0.4, -0.2) is 145 Å². The van der Waals surface area contributed by atoms with Gasteiger partial charge in [0.05, 0.1) is 126 Å². The minimum absolute atomic E-state index is 0.0656. The molecule has 0 unspecified atom stereocenters. The van der Waals surface area contributed by atoms with Gasteiger partial charge in [0, 0.05) is 6.61 Å². The van der Waals surface area contributed by atoms with Gasteiger partial charge in [0.2, 0.25) is 0 Å². The third-order valence-corrected chi connectivity index (χ3v) is 6.44. The highest BCUT2D eigenvalue weighted by atomic mass is 16.6. The lowest BCUT2D eigenvalue weighted by molar-refractivity contribution is -0.146. The number of rotatable bonds is 40. The zero-order valence-electron chi connectivity index (χ0n) is 28.6. The Bertz CT molecular complexity index is 556. The fraction of sp³-hybridized carbons (Fsp3) is 0.970. The molecule has 0 saturated heterocycles. The Kier molecular flexibility index (Phi) is 40.2. The van der Waals surface area contributed by atoms with Crippen molar-refractivity contribution in [3.8, 4) is 0 Å². The van der Waals surface area contributed by atoms with Crippen molar-refractivity contribution in [3.63, 3.8) is 0 Å². The van der Waals surface area contributed by atoms with E-state index in [2.05, 4.69) is 11.7 Å². The van der Waals surface area contributed by atoms with Gasteiger partial charge < -0.3 is 52.1 Å². The first kappa shape index (κ1) is 44.1. The van der Waals surface area contributed by atoms with Gasteiger partial charge in [-0.2, -0.15) is 0 Å². The predicted octanol–water partition coefficient (Wildman–Crippen LogP) is 4.25. The fourth-order valence-corrected chi connectivity index (χ4v) is 3.89. The summed E-state index contributed by atoms with van der Waals surface area (Å²) in [5, 5.41) is 0. The summed E-state index contributed by atoms with van der Waals surface area (Å²) in [7, 11) is 1.32. The number of methoxy groups -OCH3 is 1. The Hall–Kier alpha value is -0.930. The monoisotopic (exact) mass is 654 g/mol. The van der Waals surface area contributed by atoms with E-state index < -0.39 is 5.97 Å². The molecule has 12 heteroatoms. The molecule has 0 radical (unpaired) electrons. The lowest BCUT2D eigenvalue weighted by Gasteiger charge is -2.09.